The number of hydrogen-bond acceptors (Lipinski definition) is 2. The molecule has 0 aliphatic heterocycles. The van der Waals surface area contributed by atoms with Crippen molar-refractivity contribution in [3.05, 3.63) is 18.0 Å². The van der Waals surface area contributed by atoms with Gasteiger partial charge in [-0.2, -0.15) is 5.10 Å². The molecule has 1 rings (SSSR count). The van der Waals surface area contributed by atoms with Crippen LogP contribution in [0.25, 0.3) is 0 Å². The van der Waals surface area contributed by atoms with Gasteiger partial charge in [-0.25, -0.2) is 0 Å². The Morgan fingerprint density at radius 1 is 1.86 bits per heavy atom. The third kappa shape index (κ3) is 2.94. The number of nitrogens with one attached hydrogen (secondary N) is 2. The van der Waals surface area contributed by atoms with E-state index in [9.17, 15) is 4.79 Å². The summed E-state index contributed by atoms with van der Waals surface area (Å²) in [5, 5.41) is 9.32. The molecular formula is C10H13N3O. The van der Waals surface area contributed by atoms with E-state index < -0.39 is 0 Å². The molecular weight excluding hydrogens is 178 g/mol. The summed E-state index contributed by atoms with van der Waals surface area (Å²) in [7, 11) is 0. The highest BCUT2D eigenvalue weighted by molar-refractivity contribution is 5.76. The van der Waals surface area contributed by atoms with E-state index in [-0.39, 0.29) is 11.9 Å². The molecule has 0 saturated carbocycles. The molecule has 0 saturated heterocycles. The third-order valence-electron chi connectivity index (χ3n) is 1.89. The minimum Gasteiger partial charge on any atom is -0.349 e. The molecule has 1 heterocycles. The minimum absolute atomic E-state index is 0.0287. The van der Waals surface area contributed by atoms with Crippen molar-refractivity contribution in [2.24, 2.45) is 0 Å². The van der Waals surface area contributed by atoms with Crippen LogP contribution in [0.1, 0.15) is 31.4 Å². The standard InChI is InChI=1S/C10H13N3O/c1-3-4-5-10(14)13-8(2)9-6-11-12-7-9/h1,6-8H,4-5H2,2H3,(H,11,12)(H,13,14). The first-order chi connectivity index (χ1) is 6.74. The number of aromatic nitrogens is 2. The lowest BCUT2D eigenvalue weighted by Crippen LogP contribution is -2.25. The van der Waals surface area contributed by atoms with Gasteiger partial charge in [0.1, 0.15) is 0 Å². The third-order valence-corrected chi connectivity index (χ3v) is 1.89. The highest BCUT2D eigenvalue weighted by Crippen LogP contribution is 2.08. The molecule has 4 nitrogen and oxygen atoms in total. The summed E-state index contributed by atoms with van der Waals surface area (Å²) >= 11 is 0. The zero-order chi connectivity index (χ0) is 10.4. The van der Waals surface area contributed by atoms with E-state index in [2.05, 4.69) is 21.4 Å². The number of nitrogens with zero attached hydrogens (tertiary/aromatic N) is 1. The average molecular weight is 191 g/mol. The Hall–Kier alpha value is -1.76. The van der Waals surface area contributed by atoms with Crippen LogP contribution in [0.3, 0.4) is 0 Å². The molecule has 14 heavy (non-hydrogen) atoms. The fourth-order valence-corrected chi connectivity index (χ4v) is 1.08. The molecule has 0 fully saturated rings. The lowest BCUT2D eigenvalue weighted by atomic mass is 10.2. The first kappa shape index (κ1) is 10.3. The van der Waals surface area contributed by atoms with Crippen molar-refractivity contribution in [3.63, 3.8) is 0 Å². The second-order valence-electron chi connectivity index (χ2n) is 3.02. The van der Waals surface area contributed by atoms with Gasteiger partial charge in [0.15, 0.2) is 0 Å². The van der Waals surface area contributed by atoms with Gasteiger partial charge in [0.2, 0.25) is 5.91 Å². The summed E-state index contributed by atoms with van der Waals surface area (Å²) in [5.74, 6) is 2.40. The van der Waals surface area contributed by atoms with E-state index in [1.54, 1.807) is 12.4 Å². The Kier molecular flexibility index (Phi) is 3.74. The molecule has 0 aromatic carbocycles. The van der Waals surface area contributed by atoms with Gasteiger partial charge in [-0.05, 0) is 6.92 Å². The van der Waals surface area contributed by atoms with Crippen LogP contribution < -0.4 is 5.32 Å². The number of terminal acetylenes is 1. The average Bonchev–Trinajstić information content (AvgIpc) is 2.67. The van der Waals surface area contributed by atoms with Crippen molar-refractivity contribution in [1.82, 2.24) is 15.5 Å². The number of amides is 1. The van der Waals surface area contributed by atoms with Crippen molar-refractivity contribution in [3.8, 4) is 12.3 Å². The maximum atomic E-state index is 11.3. The number of aromatic amines is 1. The predicted octanol–water partition coefficient (Wildman–Crippen LogP) is 1.00. The second kappa shape index (κ2) is 5.07. The van der Waals surface area contributed by atoms with Crippen molar-refractivity contribution >= 4 is 5.91 Å². The number of hydrogen-bond donors (Lipinski definition) is 2. The van der Waals surface area contributed by atoms with Gasteiger partial charge >= 0.3 is 0 Å². The van der Waals surface area contributed by atoms with Gasteiger partial charge in [-0.3, -0.25) is 9.89 Å². The van der Waals surface area contributed by atoms with Crippen molar-refractivity contribution in [2.75, 3.05) is 0 Å². The molecule has 1 atom stereocenters. The summed E-state index contributed by atoms with van der Waals surface area (Å²) in [6.45, 7) is 1.90. The van der Waals surface area contributed by atoms with E-state index in [4.69, 9.17) is 6.42 Å². The maximum absolute atomic E-state index is 11.3. The van der Waals surface area contributed by atoms with Gasteiger partial charge in [0.05, 0.1) is 12.2 Å². The topological polar surface area (TPSA) is 57.8 Å². The molecule has 1 amide bonds. The van der Waals surface area contributed by atoms with Gasteiger partial charge in [0.25, 0.3) is 0 Å². The highest BCUT2D eigenvalue weighted by Gasteiger charge is 2.09. The van der Waals surface area contributed by atoms with E-state index in [0.717, 1.165) is 5.56 Å². The monoisotopic (exact) mass is 191 g/mol. The largest absolute Gasteiger partial charge is 0.349 e. The summed E-state index contributed by atoms with van der Waals surface area (Å²) in [6, 6.07) is -0.0287. The van der Waals surface area contributed by atoms with Crippen molar-refractivity contribution in [2.45, 2.75) is 25.8 Å². The van der Waals surface area contributed by atoms with Crippen LogP contribution in [0.2, 0.25) is 0 Å². The molecule has 0 spiro atoms. The first-order valence-corrected chi connectivity index (χ1v) is 4.45. The fourth-order valence-electron chi connectivity index (χ4n) is 1.08. The Balaban J connectivity index is 2.38. The number of carbonyl (C=O) groups is 1. The fraction of sp³-hybridized carbons (Fsp3) is 0.400. The van der Waals surface area contributed by atoms with Crippen LogP contribution in [0.15, 0.2) is 12.4 Å². The Labute approximate surface area is 83.1 Å². The molecule has 0 aliphatic rings. The molecule has 4 heteroatoms. The van der Waals surface area contributed by atoms with E-state index in [0.29, 0.717) is 12.8 Å². The Morgan fingerprint density at radius 2 is 2.64 bits per heavy atom. The minimum atomic E-state index is -0.0309. The smallest absolute Gasteiger partial charge is 0.221 e. The highest BCUT2D eigenvalue weighted by atomic mass is 16.1. The molecule has 1 aromatic heterocycles. The Bertz CT molecular complexity index is 324. The van der Waals surface area contributed by atoms with Crippen LogP contribution in [0.5, 0.6) is 0 Å². The summed E-state index contributed by atoms with van der Waals surface area (Å²) in [6.07, 6.45) is 9.35. The normalized spacial score (nSPS) is 11.7. The van der Waals surface area contributed by atoms with Gasteiger partial charge < -0.3 is 5.32 Å². The first-order valence-electron chi connectivity index (χ1n) is 4.45. The Morgan fingerprint density at radius 3 is 3.21 bits per heavy atom. The maximum Gasteiger partial charge on any atom is 0.221 e. The lowest BCUT2D eigenvalue weighted by molar-refractivity contribution is -0.121. The van der Waals surface area contributed by atoms with Crippen LogP contribution in [0, 0.1) is 12.3 Å². The molecule has 0 aliphatic carbocycles. The van der Waals surface area contributed by atoms with E-state index in [1.165, 1.54) is 0 Å². The van der Waals surface area contributed by atoms with Crippen molar-refractivity contribution < 1.29 is 4.79 Å². The lowest BCUT2D eigenvalue weighted by Gasteiger charge is -2.10. The molecule has 74 valence electrons. The second-order valence-corrected chi connectivity index (χ2v) is 3.02. The van der Waals surface area contributed by atoms with Crippen LogP contribution >= 0.6 is 0 Å². The number of H-pyrrole nitrogens is 1. The van der Waals surface area contributed by atoms with Gasteiger partial charge in [-0.15, -0.1) is 12.3 Å². The summed E-state index contributed by atoms with van der Waals surface area (Å²) in [4.78, 5) is 11.3. The summed E-state index contributed by atoms with van der Waals surface area (Å²) < 4.78 is 0. The number of rotatable bonds is 4. The zero-order valence-corrected chi connectivity index (χ0v) is 8.08. The molecule has 2 N–H and O–H groups in total. The van der Waals surface area contributed by atoms with Crippen LogP contribution in [0.4, 0.5) is 0 Å². The summed E-state index contributed by atoms with van der Waals surface area (Å²) in [5.41, 5.74) is 0.957. The van der Waals surface area contributed by atoms with Gasteiger partial charge in [-0.1, -0.05) is 0 Å². The molecule has 0 bridgehead atoms. The molecule has 1 aromatic rings. The number of carbonyl (C=O) groups excluding carboxylic acids is 1. The predicted molar refractivity (Wildman–Crippen MR) is 53.2 cm³/mol. The quantitative estimate of drug-likeness (QED) is 0.697. The molecule has 0 radical (unpaired) electrons. The van der Waals surface area contributed by atoms with E-state index in [1.807, 2.05) is 6.92 Å². The SMILES string of the molecule is C#CCCC(=O)NC(C)c1cn[nH]c1. The van der Waals surface area contributed by atoms with Crippen molar-refractivity contribution in [1.29, 1.82) is 0 Å². The van der Waals surface area contributed by atoms with Crippen LogP contribution in [-0.4, -0.2) is 16.1 Å². The zero-order valence-electron chi connectivity index (χ0n) is 8.08. The molecule has 1 unspecified atom stereocenters. The van der Waals surface area contributed by atoms with Crippen LogP contribution in [-0.2, 0) is 4.79 Å². The van der Waals surface area contributed by atoms with Gasteiger partial charge in [0, 0.05) is 24.6 Å². The van der Waals surface area contributed by atoms with E-state index >= 15 is 0 Å².